The molecule has 1 aromatic heterocycles. The number of hydrogen-bond donors (Lipinski definition) is 2. The zero-order valence-electron chi connectivity index (χ0n) is 7.61. The minimum absolute atomic E-state index is 0.544. The zero-order chi connectivity index (χ0) is 10.1. The maximum atomic E-state index is 10.8. The molecule has 1 rings (SSSR count). The van der Waals surface area contributed by atoms with Gasteiger partial charge in [-0.05, 0) is 25.5 Å². The summed E-state index contributed by atoms with van der Waals surface area (Å²) in [4.78, 5) is 14.7. The second-order valence-corrected chi connectivity index (χ2v) is 3.20. The Labute approximate surface area is 76.4 Å². The van der Waals surface area contributed by atoms with Gasteiger partial charge in [-0.25, -0.2) is 4.79 Å². The molecular weight excluding hydrogens is 168 g/mol. The highest BCUT2D eigenvalue weighted by Crippen LogP contribution is 2.20. The van der Waals surface area contributed by atoms with Crippen LogP contribution in [0.1, 0.15) is 18.1 Å². The number of aromatic nitrogens is 1. The second-order valence-electron chi connectivity index (χ2n) is 3.20. The van der Waals surface area contributed by atoms with E-state index in [9.17, 15) is 4.79 Å². The van der Waals surface area contributed by atoms with Crippen molar-refractivity contribution < 1.29 is 9.90 Å². The lowest BCUT2D eigenvalue weighted by atomic mass is 9.91. The summed E-state index contributed by atoms with van der Waals surface area (Å²) in [6.45, 7) is 3.27. The van der Waals surface area contributed by atoms with Crippen LogP contribution in [0, 0.1) is 6.92 Å². The molecule has 0 bridgehead atoms. The van der Waals surface area contributed by atoms with Crippen molar-refractivity contribution in [1.29, 1.82) is 0 Å². The van der Waals surface area contributed by atoms with Gasteiger partial charge in [-0.3, -0.25) is 4.98 Å². The maximum absolute atomic E-state index is 10.8. The molecule has 4 nitrogen and oxygen atoms in total. The van der Waals surface area contributed by atoms with Gasteiger partial charge in [0.15, 0.2) is 0 Å². The number of rotatable bonds is 2. The van der Waals surface area contributed by atoms with Crippen LogP contribution in [0.2, 0.25) is 0 Å². The van der Waals surface area contributed by atoms with Gasteiger partial charge in [0.2, 0.25) is 0 Å². The third kappa shape index (κ3) is 1.67. The number of carboxylic acid groups (broad SMARTS) is 1. The van der Waals surface area contributed by atoms with E-state index in [0.717, 1.165) is 5.56 Å². The Bertz CT molecular complexity index is 334. The van der Waals surface area contributed by atoms with E-state index in [1.165, 1.54) is 13.1 Å². The van der Waals surface area contributed by atoms with Gasteiger partial charge in [0.05, 0.1) is 0 Å². The largest absolute Gasteiger partial charge is 0.480 e. The van der Waals surface area contributed by atoms with E-state index in [2.05, 4.69) is 4.98 Å². The number of carbonyl (C=O) groups is 1. The average molecular weight is 180 g/mol. The molecule has 0 aliphatic heterocycles. The van der Waals surface area contributed by atoms with Crippen LogP contribution in [0.4, 0.5) is 0 Å². The molecule has 1 atom stereocenters. The van der Waals surface area contributed by atoms with E-state index in [1.807, 2.05) is 6.92 Å². The number of aryl methyl sites for hydroxylation is 1. The molecule has 70 valence electrons. The van der Waals surface area contributed by atoms with Gasteiger partial charge in [0.25, 0.3) is 0 Å². The lowest BCUT2D eigenvalue weighted by molar-refractivity contribution is -0.143. The first-order valence-electron chi connectivity index (χ1n) is 3.89. The quantitative estimate of drug-likeness (QED) is 0.700. The van der Waals surface area contributed by atoms with Crippen molar-refractivity contribution in [1.82, 2.24) is 4.98 Å². The molecule has 4 heteroatoms. The Hall–Kier alpha value is -1.42. The number of carboxylic acids is 1. The van der Waals surface area contributed by atoms with Gasteiger partial charge < -0.3 is 10.8 Å². The van der Waals surface area contributed by atoms with Gasteiger partial charge in [-0.15, -0.1) is 0 Å². The molecule has 1 unspecified atom stereocenters. The summed E-state index contributed by atoms with van der Waals surface area (Å²) in [5.74, 6) is -1.05. The molecule has 13 heavy (non-hydrogen) atoms. The number of nitrogens with zero attached hydrogens (tertiary/aromatic N) is 1. The van der Waals surface area contributed by atoms with Crippen LogP contribution in [0.25, 0.3) is 0 Å². The minimum atomic E-state index is -1.36. The third-order valence-corrected chi connectivity index (χ3v) is 2.04. The molecule has 0 radical (unpaired) electrons. The highest BCUT2D eigenvalue weighted by Gasteiger charge is 2.31. The fourth-order valence-electron chi connectivity index (χ4n) is 1.12. The molecule has 1 heterocycles. The fraction of sp³-hybridized carbons (Fsp3) is 0.333. The van der Waals surface area contributed by atoms with Crippen LogP contribution in [0.3, 0.4) is 0 Å². The fourth-order valence-corrected chi connectivity index (χ4v) is 1.12. The van der Waals surface area contributed by atoms with Crippen molar-refractivity contribution in [3.63, 3.8) is 0 Å². The number of nitrogens with two attached hydrogens (primary N) is 1. The van der Waals surface area contributed by atoms with Crippen LogP contribution in [-0.4, -0.2) is 16.1 Å². The van der Waals surface area contributed by atoms with E-state index < -0.39 is 11.5 Å². The summed E-state index contributed by atoms with van der Waals surface area (Å²) in [5, 5.41) is 8.87. The summed E-state index contributed by atoms with van der Waals surface area (Å²) in [6, 6.07) is 1.74. The highest BCUT2D eigenvalue weighted by molar-refractivity contribution is 5.80. The predicted molar refractivity (Wildman–Crippen MR) is 48.1 cm³/mol. The standard InChI is InChI=1S/C9H12N2O2/c1-6-3-4-11-5-7(6)9(2,10)8(12)13/h3-5H,10H2,1-2H3,(H,12,13). The van der Waals surface area contributed by atoms with Crippen molar-refractivity contribution in [2.24, 2.45) is 5.73 Å². The van der Waals surface area contributed by atoms with Gasteiger partial charge in [0.1, 0.15) is 5.54 Å². The molecule has 0 fully saturated rings. The molecular formula is C9H12N2O2. The first-order valence-corrected chi connectivity index (χ1v) is 3.89. The van der Waals surface area contributed by atoms with Gasteiger partial charge in [0, 0.05) is 18.0 Å². The van der Waals surface area contributed by atoms with Crippen LogP contribution < -0.4 is 5.73 Å². The Morgan fingerprint density at radius 3 is 2.77 bits per heavy atom. The Morgan fingerprint density at radius 2 is 2.31 bits per heavy atom. The molecule has 0 saturated carbocycles. The van der Waals surface area contributed by atoms with Crippen molar-refractivity contribution in [3.8, 4) is 0 Å². The first kappa shape index (κ1) is 9.67. The van der Waals surface area contributed by atoms with E-state index in [4.69, 9.17) is 10.8 Å². The Morgan fingerprint density at radius 1 is 1.69 bits per heavy atom. The van der Waals surface area contributed by atoms with Crippen LogP contribution in [0.5, 0.6) is 0 Å². The van der Waals surface area contributed by atoms with E-state index in [-0.39, 0.29) is 0 Å². The predicted octanol–water partition coefficient (Wildman–Crippen LogP) is 0.649. The molecule has 1 aromatic rings. The molecule has 0 amide bonds. The second kappa shape index (κ2) is 3.14. The summed E-state index contributed by atoms with van der Waals surface area (Å²) >= 11 is 0. The number of aliphatic carboxylic acids is 1. The summed E-state index contributed by atoms with van der Waals surface area (Å²) in [5.41, 5.74) is 5.66. The van der Waals surface area contributed by atoms with Crippen molar-refractivity contribution >= 4 is 5.97 Å². The number of hydrogen-bond acceptors (Lipinski definition) is 3. The minimum Gasteiger partial charge on any atom is -0.480 e. The van der Waals surface area contributed by atoms with Crippen LogP contribution in [0.15, 0.2) is 18.5 Å². The average Bonchev–Trinajstić information content (AvgIpc) is 2.04. The van der Waals surface area contributed by atoms with Crippen LogP contribution >= 0.6 is 0 Å². The molecule has 0 aromatic carbocycles. The molecule has 0 aliphatic rings. The Kier molecular flexibility index (Phi) is 2.34. The lowest BCUT2D eigenvalue weighted by Crippen LogP contribution is -2.42. The van der Waals surface area contributed by atoms with E-state index >= 15 is 0 Å². The smallest absolute Gasteiger partial charge is 0.328 e. The molecule has 3 N–H and O–H groups in total. The van der Waals surface area contributed by atoms with E-state index in [0.29, 0.717) is 5.56 Å². The van der Waals surface area contributed by atoms with Crippen molar-refractivity contribution in [3.05, 3.63) is 29.6 Å². The summed E-state index contributed by atoms with van der Waals surface area (Å²) in [7, 11) is 0. The first-order chi connectivity index (χ1) is 5.96. The Balaban J connectivity index is 3.22. The number of pyridine rings is 1. The highest BCUT2D eigenvalue weighted by atomic mass is 16.4. The summed E-state index contributed by atoms with van der Waals surface area (Å²) in [6.07, 6.45) is 3.10. The molecule has 0 aliphatic carbocycles. The normalized spacial score (nSPS) is 15.0. The van der Waals surface area contributed by atoms with Gasteiger partial charge in [-0.1, -0.05) is 0 Å². The zero-order valence-corrected chi connectivity index (χ0v) is 7.61. The van der Waals surface area contributed by atoms with Gasteiger partial charge >= 0.3 is 5.97 Å². The summed E-state index contributed by atoms with van der Waals surface area (Å²) < 4.78 is 0. The van der Waals surface area contributed by atoms with Gasteiger partial charge in [-0.2, -0.15) is 0 Å². The van der Waals surface area contributed by atoms with Crippen LogP contribution in [-0.2, 0) is 10.3 Å². The molecule has 0 saturated heterocycles. The SMILES string of the molecule is Cc1ccncc1C(C)(N)C(=O)O. The topological polar surface area (TPSA) is 76.2 Å². The van der Waals surface area contributed by atoms with E-state index in [1.54, 1.807) is 12.3 Å². The molecule has 0 spiro atoms. The van der Waals surface area contributed by atoms with Crippen molar-refractivity contribution in [2.75, 3.05) is 0 Å². The maximum Gasteiger partial charge on any atom is 0.328 e. The lowest BCUT2D eigenvalue weighted by Gasteiger charge is -2.20. The third-order valence-electron chi connectivity index (χ3n) is 2.04. The monoisotopic (exact) mass is 180 g/mol. The van der Waals surface area contributed by atoms with Crippen molar-refractivity contribution in [2.45, 2.75) is 19.4 Å².